The molecular weight excluding hydrogens is 383 g/mol. The minimum atomic E-state index is -0.839. The fourth-order valence-electron chi connectivity index (χ4n) is 2.96. The maximum absolute atomic E-state index is 14.1. The minimum absolute atomic E-state index is 0.0620. The van der Waals surface area contributed by atoms with Crippen LogP contribution in [0.1, 0.15) is 16.9 Å². The molecule has 0 saturated carbocycles. The van der Waals surface area contributed by atoms with Gasteiger partial charge in [-0.25, -0.2) is 13.2 Å². The van der Waals surface area contributed by atoms with E-state index in [0.717, 1.165) is 11.6 Å². The molecule has 0 spiro atoms. The number of hydrogen-bond acceptors (Lipinski definition) is 4. The van der Waals surface area contributed by atoms with Crippen LogP contribution in [0.4, 0.5) is 13.2 Å². The molecule has 3 rings (SSSR count). The van der Waals surface area contributed by atoms with E-state index in [1.165, 1.54) is 30.5 Å². The Morgan fingerprint density at radius 3 is 2.41 bits per heavy atom. The van der Waals surface area contributed by atoms with Crippen molar-refractivity contribution in [2.24, 2.45) is 0 Å². The number of aliphatic hydroxyl groups is 1. The third-order valence-electron chi connectivity index (χ3n) is 4.33. The van der Waals surface area contributed by atoms with Gasteiger partial charge >= 0.3 is 0 Å². The average molecular weight is 405 g/mol. The van der Waals surface area contributed by atoms with E-state index >= 15 is 0 Å². The minimum Gasteiger partial charge on any atom is -0.467 e. The van der Waals surface area contributed by atoms with Crippen LogP contribution in [-0.4, -0.2) is 29.3 Å². The number of aliphatic hydroxyl groups excluding tert-OH is 1. The van der Waals surface area contributed by atoms with E-state index in [4.69, 9.17) is 9.15 Å². The van der Waals surface area contributed by atoms with Crippen LogP contribution >= 0.6 is 0 Å². The lowest BCUT2D eigenvalue weighted by Crippen LogP contribution is -2.34. The lowest BCUT2D eigenvalue weighted by molar-refractivity contribution is 0.00238. The van der Waals surface area contributed by atoms with E-state index in [2.05, 4.69) is 0 Å². The van der Waals surface area contributed by atoms with Gasteiger partial charge in [-0.15, -0.1) is 0 Å². The first-order chi connectivity index (χ1) is 14.0. The Labute approximate surface area is 167 Å². The van der Waals surface area contributed by atoms with Crippen molar-refractivity contribution in [3.8, 4) is 0 Å². The average Bonchev–Trinajstić information content (AvgIpc) is 3.19. The highest BCUT2D eigenvalue weighted by atomic mass is 19.1. The van der Waals surface area contributed by atoms with Crippen LogP contribution in [0, 0.1) is 17.5 Å². The Morgan fingerprint density at radius 1 is 0.966 bits per heavy atom. The van der Waals surface area contributed by atoms with Crippen LogP contribution in [0.5, 0.6) is 0 Å². The van der Waals surface area contributed by atoms with E-state index in [9.17, 15) is 18.3 Å². The number of ether oxygens (including phenoxy) is 1. The standard InChI is InChI=1S/C22H22F3NO3/c23-18-6-3-16(4-7-18)11-26(12-17-5-8-19(24)10-22(17)25)13-20(27)14-28-15-21-2-1-9-29-21/h1-10,20,27H,11-15H2/t20-/m1/s1. The molecule has 1 N–H and O–H groups in total. The quantitative estimate of drug-likeness (QED) is 0.547. The van der Waals surface area contributed by atoms with E-state index in [1.54, 1.807) is 29.2 Å². The Morgan fingerprint density at radius 2 is 1.72 bits per heavy atom. The monoisotopic (exact) mass is 405 g/mol. The Bertz CT molecular complexity index is 885. The van der Waals surface area contributed by atoms with E-state index in [1.807, 2.05) is 0 Å². The molecule has 0 saturated heterocycles. The summed E-state index contributed by atoms with van der Waals surface area (Å²) >= 11 is 0. The van der Waals surface area contributed by atoms with Gasteiger partial charge in [0.25, 0.3) is 0 Å². The van der Waals surface area contributed by atoms with E-state index in [-0.39, 0.29) is 32.1 Å². The number of nitrogens with zero attached hydrogens (tertiary/aromatic N) is 1. The molecule has 1 atom stereocenters. The summed E-state index contributed by atoms with van der Waals surface area (Å²) in [4.78, 5) is 1.80. The molecule has 3 aromatic rings. The van der Waals surface area contributed by atoms with Crippen molar-refractivity contribution in [1.82, 2.24) is 4.90 Å². The molecule has 0 aliphatic carbocycles. The molecule has 0 fully saturated rings. The third-order valence-corrected chi connectivity index (χ3v) is 4.33. The number of furan rings is 1. The third kappa shape index (κ3) is 6.74. The van der Waals surface area contributed by atoms with Crippen LogP contribution < -0.4 is 0 Å². The maximum Gasteiger partial charge on any atom is 0.130 e. The van der Waals surface area contributed by atoms with Crippen LogP contribution in [0.25, 0.3) is 0 Å². The van der Waals surface area contributed by atoms with E-state index in [0.29, 0.717) is 17.9 Å². The van der Waals surface area contributed by atoms with Gasteiger partial charge in [0.05, 0.1) is 19.0 Å². The zero-order valence-corrected chi connectivity index (χ0v) is 15.7. The Kier molecular flexibility index (Phi) is 7.46. The topological polar surface area (TPSA) is 45.8 Å². The van der Waals surface area contributed by atoms with Crippen molar-refractivity contribution >= 4 is 0 Å². The second kappa shape index (κ2) is 10.2. The van der Waals surface area contributed by atoms with Gasteiger partial charge in [0.15, 0.2) is 0 Å². The molecular formula is C22H22F3NO3. The number of halogens is 3. The maximum atomic E-state index is 14.1. The first-order valence-corrected chi connectivity index (χ1v) is 9.18. The summed E-state index contributed by atoms with van der Waals surface area (Å²) in [5, 5.41) is 10.4. The van der Waals surface area contributed by atoms with Crippen molar-refractivity contribution in [2.45, 2.75) is 25.8 Å². The molecule has 154 valence electrons. The van der Waals surface area contributed by atoms with Crippen molar-refractivity contribution in [3.63, 3.8) is 0 Å². The van der Waals surface area contributed by atoms with Gasteiger partial charge in [0.1, 0.15) is 29.8 Å². The van der Waals surface area contributed by atoms with Gasteiger partial charge in [-0.1, -0.05) is 18.2 Å². The smallest absolute Gasteiger partial charge is 0.130 e. The van der Waals surface area contributed by atoms with Gasteiger partial charge in [-0.2, -0.15) is 0 Å². The highest BCUT2D eigenvalue weighted by Gasteiger charge is 2.16. The molecule has 0 amide bonds. The molecule has 1 heterocycles. The summed E-state index contributed by atoms with van der Waals surface area (Å²) in [7, 11) is 0. The molecule has 0 unspecified atom stereocenters. The fraction of sp³-hybridized carbons (Fsp3) is 0.273. The molecule has 4 nitrogen and oxygen atoms in total. The molecule has 29 heavy (non-hydrogen) atoms. The zero-order chi connectivity index (χ0) is 20.6. The van der Waals surface area contributed by atoms with Crippen molar-refractivity contribution in [1.29, 1.82) is 0 Å². The first-order valence-electron chi connectivity index (χ1n) is 9.18. The van der Waals surface area contributed by atoms with Crippen LogP contribution in [0.15, 0.2) is 65.3 Å². The lowest BCUT2D eigenvalue weighted by Gasteiger charge is -2.25. The van der Waals surface area contributed by atoms with Crippen molar-refractivity contribution < 1.29 is 27.4 Å². The SMILES string of the molecule is O[C@@H](COCc1ccco1)CN(Cc1ccc(F)cc1)Cc1ccc(F)cc1F. The molecule has 0 aliphatic rings. The summed E-state index contributed by atoms with van der Waals surface area (Å²) in [6.45, 7) is 0.985. The molecule has 0 aliphatic heterocycles. The Balaban J connectivity index is 1.63. The van der Waals surface area contributed by atoms with Gasteiger partial charge < -0.3 is 14.3 Å². The van der Waals surface area contributed by atoms with Gasteiger partial charge in [-0.3, -0.25) is 4.90 Å². The van der Waals surface area contributed by atoms with E-state index < -0.39 is 17.7 Å². The van der Waals surface area contributed by atoms with Gasteiger partial charge in [0.2, 0.25) is 0 Å². The fourth-order valence-corrected chi connectivity index (χ4v) is 2.96. The largest absolute Gasteiger partial charge is 0.467 e. The predicted molar refractivity (Wildman–Crippen MR) is 101 cm³/mol. The molecule has 2 aromatic carbocycles. The normalized spacial score (nSPS) is 12.4. The number of hydrogen-bond donors (Lipinski definition) is 1. The van der Waals surface area contributed by atoms with Gasteiger partial charge in [-0.05, 0) is 35.9 Å². The molecule has 0 bridgehead atoms. The molecule has 0 radical (unpaired) electrons. The summed E-state index contributed by atoms with van der Waals surface area (Å²) in [5.74, 6) is -1.01. The van der Waals surface area contributed by atoms with Crippen molar-refractivity contribution in [2.75, 3.05) is 13.2 Å². The molecule has 1 aromatic heterocycles. The zero-order valence-electron chi connectivity index (χ0n) is 15.7. The molecule has 7 heteroatoms. The first kappa shape index (κ1) is 21.1. The second-order valence-electron chi connectivity index (χ2n) is 6.78. The number of benzene rings is 2. The summed E-state index contributed by atoms with van der Waals surface area (Å²) < 4.78 is 51.1. The van der Waals surface area contributed by atoms with Crippen LogP contribution in [-0.2, 0) is 24.4 Å². The predicted octanol–water partition coefficient (Wildman–Crippen LogP) is 4.28. The van der Waals surface area contributed by atoms with Crippen molar-refractivity contribution in [3.05, 3.63) is 95.2 Å². The Hall–Kier alpha value is -2.61. The van der Waals surface area contributed by atoms with Crippen LogP contribution in [0.2, 0.25) is 0 Å². The highest BCUT2D eigenvalue weighted by molar-refractivity contribution is 5.20. The highest BCUT2D eigenvalue weighted by Crippen LogP contribution is 2.16. The lowest BCUT2D eigenvalue weighted by atomic mass is 10.1. The van der Waals surface area contributed by atoms with Crippen LogP contribution in [0.3, 0.4) is 0 Å². The summed E-state index contributed by atoms with van der Waals surface area (Å²) in [6, 6.07) is 12.9. The number of rotatable bonds is 10. The second-order valence-corrected chi connectivity index (χ2v) is 6.78. The summed E-state index contributed by atoms with van der Waals surface area (Å²) in [6.07, 6.45) is 0.700. The summed E-state index contributed by atoms with van der Waals surface area (Å²) in [5.41, 5.74) is 1.11. The van der Waals surface area contributed by atoms with Gasteiger partial charge in [0, 0.05) is 31.3 Å².